The van der Waals surface area contributed by atoms with Gasteiger partial charge in [-0.05, 0) is 24.1 Å². The van der Waals surface area contributed by atoms with E-state index in [1.54, 1.807) is 10.7 Å². The van der Waals surface area contributed by atoms with E-state index in [1.807, 2.05) is 6.07 Å². The topological polar surface area (TPSA) is 30.7 Å². The summed E-state index contributed by atoms with van der Waals surface area (Å²) in [7, 11) is 0. The summed E-state index contributed by atoms with van der Waals surface area (Å²) in [4.78, 5) is 0. The molecule has 0 fully saturated rings. The van der Waals surface area contributed by atoms with Crippen LogP contribution in [0.5, 0.6) is 0 Å². The lowest BCUT2D eigenvalue weighted by Crippen LogP contribution is -2.07. The first-order chi connectivity index (χ1) is 8.74. The third-order valence-corrected chi connectivity index (χ3v) is 3.01. The Morgan fingerprint density at radius 3 is 2.89 bits per heavy atom. The van der Waals surface area contributed by atoms with Gasteiger partial charge < -0.3 is 0 Å². The van der Waals surface area contributed by atoms with E-state index in [0.29, 0.717) is 12.4 Å². The molecule has 0 saturated carbocycles. The molecule has 2 aromatic rings. The normalized spacial score (nSPS) is 10.8. The zero-order valence-electron chi connectivity index (χ0n) is 10.2. The molecule has 0 saturated heterocycles. The third-order valence-electron chi connectivity index (χ3n) is 2.75. The van der Waals surface area contributed by atoms with E-state index >= 15 is 0 Å². The number of nitrogens with zero attached hydrogens (tertiary/aromatic N) is 3. The van der Waals surface area contributed by atoms with Crippen LogP contribution in [0.15, 0.2) is 24.3 Å². The van der Waals surface area contributed by atoms with Gasteiger partial charge in [0.1, 0.15) is 11.5 Å². The van der Waals surface area contributed by atoms with E-state index in [0.717, 1.165) is 29.8 Å². The summed E-state index contributed by atoms with van der Waals surface area (Å²) in [6, 6.07) is 6.52. The molecule has 0 N–H and O–H groups in total. The minimum atomic E-state index is -0.234. The van der Waals surface area contributed by atoms with Crippen LogP contribution in [0.1, 0.15) is 30.3 Å². The molecule has 0 aliphatic rings. The largest absolute Gasteiger partial charge is 0.245 e. The maximum Gasteiger partial charge on any atom is 0.123 e. The SMILES string of the molecule is CCCc1c(CCl)nnn1Cc1cccc(F)c1. The molecule has 0 amide bonds. The van der Waals surface area contributed by atoms with E-state index in [-0.39, 0.29) is 5.82 Å². The highest BCUT2D eigenvalue weighted by Gasteiger charge is 2.11. The number of hydrogen-bond donors (Lipinski definition) is 0. The van der Waals surface area contributed by atoms with E-state index in [2.05, 4.69) is 17.2 Å². The van der Waals surface area contributed by atoms with Gasteiger partial charge in [0.15, 0.2) is 0 Å². The smallest absolute Gasteiger partial charge is 0.123 e. The van der Waals surface area contributed by atoms with Crippen molar-refractivity contribution < 1.29 is 4.39 Å². The zero-order chi connectivity index (χ0) is 13.0. The fraction of sp³-hybridized carbons (Fsp3) is 0.385. The quantitative estimate of drug-likeness (QED) is 0.779. The van der Waals surface area contributed by atoms with Crippen molar-refractivity contribution in [2.75, 3.05) is 0 Å². The molecule has 0 aliphatic heterocycles. The van der Waals surface area contributed by atoms with Crippen LogP contribution < -0.4 is 0 Å². The molecule has 5 heteroatoms. The molecule has 1 aromatic carbocycles. The van der Waals surface area contributed by atoms with Crippen molar-refractivity contribution in [1.29, 1.82) is 0 Å². The van der Waals surface area contributed by atoms with Crippen LogP contribution in [0.25, 0.3) is 0 Å². The zero-order valence-corrected chi connectivity index (χ0v) is 11.0. The number of aromatic nitrogens is 3. The third kappa shape index (κ3) is 2.88. The Morgan fingerprint density at radius 1 is 1.39 bits per heavy atom. The number of benzene rings is 1. The Bertz CT molecular complexity index is 525. The predicted octanol–water partition coefficient (Wildman–Crippen LogP) is 3.16. The Kier molecular flexibility index (Phi) is 4.31. The average Bonchev–Trinajstić information content (AvgIpc) is 2.72. The molecule has 0 atom stereocenters. The molecule has 0 aliphatic carbocycles. The van der Waals surface area contributed by atoms with Gasteiger partial charge in [-0.25, -0.2) is 9.07 Å². The van der Waals surface area contributed by atoms with Gasteiger partial charge in [-0.1, -0.05) is 30.7 Å². The second-order valence-corrected chi connectivity index (χ2v) is 4.42. The van der Waals surface area contributed by atoms with Gasteiger partial charge >= 0.3 is 0 Å². The fourth-order valence-corrected chi connectivity index (χ4v) is 2.13. The molecule has 1 heterocycles. The van der Waals surface area contributed by atoms with Crippen LogP contribution in [0.2, 0.25) is 0 Å². The highest BCUT2D eigenvalue weighted by Crippen LogP contribution is 2.13. The van der Waals surface area contributed by atoms with Crippen LogP contribution in [-0.2, 0) is 18.8 Å². The van der Waals surface area contributed by atoms with Gasteiger partial charge in [-0.15, -0.1) is 16.7 Å². The van der Waals surface area contributed by atoms with Crippen molar-refractivity contribution in [2.24, 2.45) is 0 Å². The second-order valence-electron chi connectivity index (χ2n) is 4.15. The molecule has 18 heavy (non-hydrogen) atoms. The van der Waals surface area contributed by atoms with Crippen molar-refractivity contribution in [3.8, 4) is 0 Å². The number of halogens is 2. The van der Waals surface area contributed by atoms with Crippen LogP contribution in [0.4, 0.5) is 4.39 Å². The van der Waals surface area contributed by atoms with E-state index < -0.39 is 0 Å². The van der Waals surface area contributed by atoms with Gasteiger partial charge in [0, 0.05) is 0 Å². The van der Waals surface area contributed by atoms with Crippen molar-refractivity contribution >= 4 is 11.6 Å². The first kappa shape index (κ1) is 13.0. The van der Waals surface area contributed by atoms with E-state index in [1.165, 1.54) is 12.1 Å². The van der Waals surface area contributed by atoms with Crippen LogP contribution in [-0.4, -0.2) is 15.0 Å². The Labute approximate surface area is 111 Å². The minimum absolute atomic E-state index is 0.234. The summed E-state index contributed by atoms with van der Waals surface area (Å²) in [5.41, 5.74) is 2.73. The second kappa shape index (κ2) is 5.96. The summed E-state index contributed by atoms with van der Waals surface area (Å²) in [5, 5.41) is 8.15. The number of rotatable bonds is 5. The molecule has 0 bridgehead atoms. The monoisotopic (exact) mass is 267 g/mol. The highest BCUT2D eigenvalue weighted by atomic mass is 35.5. The van der Waals surface area contributed by atoms with Gasteiger partial charge in [-0.2, -0.15) is 0 Å². The van der Waals surface area contributed by atoms with Gasteiger partial charge in [0.25, 0.3) is 0 Å². The first-order valence-electron chi connectivity index (χ1n) is 5.96. The predicted molar refractivity (Wildman–Crippen MR) is 69.1 cm³/mol. The highest BCUT2D eigenvalue weighted by molar-refractivity contribution is 6.16. The maximum absolute atomic E-state index is 13.1. The Hall–Kier alpha value is -1.42. The van der Waals surface area contributed by atoms with Gasteiger partial charge in [0.2, 0.25) is 0 Å². The summed E-state index contributed by atoms with van der Waals surface area (Å²) in [6.45, 7) is 2.62. The van der Waals surface area contributed by atoms with Gasteiger partial charge in [0.05, 0.1) is 18.1 Å². The molecular formula is C13H15ClFN3. The standard InChI is InChI=1S/C13H15ClFN3/c1-2-4-13-12(8-14)16-17-18(13)9-10-5-3-6-11(15)7-10/h3,5-7H,2,4,8-9H2,1H3. The van der Waals surface area contributed by atoms with E-state index in [4.69, 9.17) is 11.6 Å². The van der Waals surface area contributed by atoms with Gasteiger partial charge in [-0.3, -0.25) is 0 Å². The molecule has 3 nitrogen and oxygen atoms in total. The summed E-state index contributed by atoms with van der Waals surface area (Å²) in [5.74, 6) is 0.126. The maximum atomic E-state index is 13.1. The molecular weight excluding hydrogens is 253 g/mol. The summed E-state index contributed by atoms with van der Waals surface area (Å²) < 4.78 is 14.9. The molecule has 0 spiro atoms. The first-order valence-corrected chi connectivity index (χ1v) is 6.49. The lowest BCUT2D eigenvalue weighted by atomic mass is 10.2. The lowest BCUT2D eigenvalue weighted by Gasteiger charge is -2.06. The Balaban J connectivity index is 2.25. The molecule has 0 radical (unpaired) electrons. The summed E-state index contributed by atoms with van der Waals surface area (Å²) >= 11 is 5.83. The molecule has 1 aromatic heterocycles. The van der Waals surface area contributed by atoms with Crippen molar-refractivity contribution in [3.05, 3.63) is 47.0 Å². The molecule has 2 rings (SSSR count). The van der Waals surface area contributed by atoms with Crippen LogP contribution >= 0.6 is 11.6 Å². The fourth-order valence-electron chi connectivity index (χ4n) is 1.92. The van der Waals surface area contributed by atoms with Crippen molar-refractivity contribution in [3.63, 3.8) is 0 Å². The average molecular weight is 268 g/mol. The Morgan fingerprint density at radius 2 is 2.22 bits per heavy atom. The number of hydrogen-bond acceptors (Lipinski definition) is 2. The van der Waals surface area contributed by atoms with Crippen molar-refractivity contribution in [2.45, 2.75) is 32.2 Å². The molecule has 96 valence electrons. The minimum Gasteiger partial charge on any atom is -0.245 e. The van der Waals surface area contributed by atoms with E-state index in [9.17, 15) is 4.39 Å². The van der Waals surface area contributed by atoms with Crippen LogP contribution in [0.3, 0.4) is 0 Å². The lowest BCUT2D eigenvalue weighted by molar-refractivity contribution is 0.599. The van der Waals surface area contributed by atoms with Crippen LogP contribution in [0, 0.1) is 5.82 Å². The molecule has 0 unspecified atom stereocenters. The summed E-state index contributed by atoms with van der Waals surface area (Å²) in [6.07, 6.45) is 1.88. The number of alkyl halides is 1. The van der Waals surface area contributed by atoms with Crippen molar-refractivity contribution in [1.82, 2.24) is 15.0 Å².